The number of ether oxygens (including phenoxy) is 2. The average molecular weight is 885 g/mol. The predicted octanol–water partition coefficient (Wildman–Crippen LogP) is 13.9. The van der Waals surface area contributed by atoms with E-state index in [4.69, 9.17) is 23.6 Å². The third-order valence-electron chi connectivity index (χ3n) is 10.8. The maximum absolute atomic E-state index is 12.6. The normalized spacial score (nSPS) is 14.0. The van der Waals surface area contributed by atoms with E-state index in [1.807, 2.05) is 6.08 Å². The number of phosphoric ester groups is 1. The Morgan fingerprint density at radius 3 is 1.30 bits per heavy atom. The van der Waals surface area contributed by atoms with Crippen LogP contribution in [0.25, 0.3) is 0 Å². The second kappa shape index (κ2) is 46.2. The minimum Gasteiger partial charge on any atom is -0.462 e. The molecule has 0 aliphatic carbocycles. The summed E-state index contributed by atoms with van der Waals surface area (Å²) in [6.45, 7) is 2.33. The summed E-state index contributed by atoms with van der Waals surface area (Å²) in [5.74, 6) is -1.02. The number of aliphatic hydroxyl groups excluding tert-OH is 2. The zero-order chi connectivity index (χ0) is 44.8. The fourth-order valence-electron chi connectivity index (χ4n) is 6.91. The van der Waals surface area contributed by atoms with E-state index in [0.717, 1.165) is 38.5 Å². The Balaban J connectivity index is 4.24. The number of aliphatic hydroxyl groups is 2. The largest absolute Gasteiger partial charge is 0.472 e. The Morgan fingerprint density at radius 2 is 0.852 bits per heavy atom. The van der Waals surface area contributed by atoms with Crippen LogP contribution in [-0.2, 0) is 32.7 Å². The van der Waals surface area contributed by atoms with Crippen molar-refractivity contribution < 1.29 is 47.8 Å². The minimum absolute atomic E-state index is 0.0941. The van der Waals surface area contributed by atoms with E-state index < -0.39 is 51.8 Å². The highest BCUT2D eigenvalue weighted by molar-refractivity contribution is 7.47. The first-order chi connectivity index (χ1) is 29.7. The molecule has 0 aromatic heterocycles. The summed E-state index contributed by atoms with van der Waals surface area (Å²) in [6, 6.07) is 0. The number of rotatable bonds is 47. The topological polar surface area (TPSA) is 149 Å². The van der Waals surface area contributed by atoms with E-state index in [9.17, 15) is 24.2 Å². The van der Waals surface area contributed by atoms with Crippen molar-refractivity contribution in [1.82, 2.24) is 0 Å². The van der Waals surface area contributed by atoms with Gasteiger partial charge in [-0.15, -0.1) is 0 Å². The fourth-order valence-corrected chi connectivity index (χ4v) is 7.70. The Kier molecular flexibility index (Phi) is 44.8. The molecule has 1 unspecified atom stereocenters. The van der Waals surface area contributed by atoms with Crippen LogP contribution in [-0.4, -0.2) is 65.7 Å². The van der Waals surface area contributed by atoms with E-state index >= 15 is 0 Å². The first-order valence-electron chi connectivity index (χ1n) is 24.9. The molecule has 0 heterocycles. The zero-order valence-electron chi connectivity index (χ0n) is 39.1. The molecule has 11 heteroatoms. The first kappa shape index (κ1) is 59.2. The maximum Gasteiger partial charge on any atom is 0.472 e. The van der Waals surface area contributed by atoms with Crippen molar-refractivity contribution in [3.63, 3.8) is 0 Å². The fraction of sp³-hybridized carbons (Fsp3) is 0.840. The molecule has 0 fully saturated rings. The van der Waals surface area contributed by atoms with Crippen molar-refractivity contribution in [3.8, 4) is 0 Å². The SMILES string of the molecule is CCCCCCCCCCCCC/C=C/CCC(=O)O[C@@H](COC(=O)CCC/C=C/CC/C=C/CCCCCCCCCCCCCCCC)COP(=O)(O)OC[C@H](O)CO. The summed E-state index contributed by atoms with van der Waals surface area (Å²) in [5.41, 5.74) is 0. The molecule has 358 valence electrons. The number of allylic oxidation sites excluding steroid dienone is 6. The first-order valence-corrected chi connectivity index (χ1v) is 26.4. The molecule has 0 radical (unpaired) electrons. The highest BCUT2D eigenvalue weighted by Crippen LogP contribution is 2.43. The summed E-state index contributed by atoms with van der Waals surface area (Å²) in [7, 11) is -4.64. The van der Waals surface area contributed by atoms with Crippen molar-refractivity contribution in [2.75, 3.05) is 26.4 Å². The van der Waals surface area contributed by atoms with Crippen LogP contribution in [0, 0.1) is 0 Å². The van der Waals surface area contributed by atoms with E-state index in [0.29, 0.717) is 12.8 Å². The summed E-state index contributed by atoms with van der Waals surface area (Å²) >= 11 is 0. The molecule has 0 saturated heterocycles. The second-order valence-electron chi connectivity index (χ2n) is 16.8. The van der Waals surface area contributed by atoms with E-state index in [-0.39, 0.29) is 19.4 Å². The van der Waals surface area contributed by atoms with Crippen LogP contribution >= 0.6 is 7.82 Å². The number of carbonyl (C=O) groups is 2. The maximum atomic E-state index is 12.6. The van der Waals surface area contributed by atoms with Crippen molar-refractivity contribution in [2.45, 2.75) is 244 Å². The molecular weight excluding hydrogens is 792 g/mol. The zero-order valence-corrected chi connectivity index (χ0v) is 40.0. The monoisotopic (exact) mass is 885 g/mol. The quantitative estimate of drug-likeness (QED) is 0.0233. The number of hydrogen-bond donors (Lipinski definition) is 3. The van der Waals surface area contributed by atoms with Gasteiger partial charge in [0.05, 0.1) is 19.8 Å². The summed E-state index contributed by atoms with van der Waals surface area (Å²) in [6.07, 6.45) is 50.0. The van der Waals surface area contributed by atoms with Crippen LogP contribution in [0.5, 0.6) is 0 Å². The van der Waals surface area contributed by atoms with E-state index in [1.54, 1.807) is 0 Å². The number of hydrogen-bond acceptors (Lipinski definition) is 9. The lowest BCUT2D eigenvalue weighted by Crippen LogP contribution is -2.29. The lowest BCUT2D eigenvalue weighted by atomic mass is 10.0. The highest BCUT2D eigenvalue weighted by atomic mass is 31.2. The lowest BCUT2D eigenvalue weighted by molar-refractivity contribution is -0.161. The van der Waals surface area contributed by atoms with Gasteiger partial charge in [0.25, 0.3) is 0 Å². The van der Waals surface area contributed by atoms with Crippen LogP contribution in [0.1, 0.15) is 232 Å². The van der Waals surface area contributed by atoms with Crippen molar-refractivity contribution in [3.05, 3.63) is 36.5 Å². The highest BCUT2D eigenvalue weighted by Gasteiger charge is 2.27. The number of carbonyl (C=O) groups excluding carboxylic acids is 2. The van der Waals surface area contributed by atoms with Crippen molar-refractivity contribution >= 4 is 19.8 Å². The van der Waals surface area contributed by atoms with Gasteiger partial charge >= 0.3 is 19.8 Å². The molecular formula is C50H93O10P. The Hall–Kier alpha value is -1.81. The third-order valence-corrected chi connectivity index (χ3v) is 11.7. The van der Waals surface area contributed by atoms with Gasteiger partial charge < -0.3 is 24.6 Å². The van der Waals surface area contributed by atoms with Crippen LogP contribution in [0.15, 0.2) is 36.5 Å². The molecule has 61 heavy (non-hydrogen) atoms. The molecule has 3 N–H and O–H groups in total. The van der Waals surface area contributed by atoms with Crippen LogP contribution in [0.2, 0.25) is 0 Å². The van der Waals surface area contributed by atoms with Crippen molar-refractivity contribution in [1.29, 1.82) is 0 Å². The van der Waals surface area contributed by atoms with Gasteiger partial charge in [-0.1, -0.05) is 198 Å². The minimum atomic E-state index is -4.64. The molecule has 0 aliphatic heterocycles. The molecule has 0 amide bonds. The third kappa shape index (κ3) is 46.0. The van der Waals surface area contributed by atoms with Gasteiger partial charge in [-0.2, -0.15) is 0 Å². The number of unbranched alkanes of at least 4 members (excludes halogenated alkanes) is 27. The van der Waals surface area contributed by atoms with Gasteiger partial charge in [0.2, 0.25) is 0 Å². The van der Waals surface area contributed by atoms with E-state index in [2.05, 4.69) is 44.2 Å². The van der Waals surface area contributed by atoms with Crippen LogP contribution < -0.4 is 0 Å². The summed E-state index contributed by atoms with van der Waals surface area (Å²) in [4.78, 5) is 35.0. The van der Waals surface area contributed by atoms with Crippen molar-refractivity contribution in [2.24, 2.45) is 0 Å². The molecule has 0 bridgehead atoms. The van der Waals surface area contributed by atoms with Gasteiger partial charge in [0.15, 0.2) is 6.10 Å². The van der Waals surface area contributed by atoms with Gasteiger partial charge in [-0.05, 0) is 57.8 Å². The smallest absolute Gasteiger partial charge is 0.462 e. The molecule has 0 aromatic carbocycles. The molecule has 3 atom stereocenters. The van der Waals surface area contributed by atoms with Crippen LogP contribution in [0.4, 0.5) is 0 Å². The molecule has 0 spiro atoms. The lowest BCUT2D eigenvalue weighted by Gasteiger charge is -2.20. The summed E-state index contributed by atoms with van der Waals surface area (Å²) in [5, 5.41) is 18.4. The van der Waals surface area contributed by atoms with E-state index in [1.165, 1.54) is 154 Å². The molecule has 10 nitrogen and oxygen atoms in total. The molecule has 0 saturated carbocycles. The standard InChI is InChI=1S/C50H93O10P/c1-3-5-7-9-11-13-15-17-19-20-21-22-23-24-25-26-28-29-31-33-35-37-39-41-49(53)57-45-48(46-59-61(55,56)58-44-47(52)43-51)60-50(54)42-40-38-36-34-32-30-27-18-16-14-12-10-8-6-4-2/h26,28,33,35-36,38,47-48,51-52H,3-25,27,29-32,34,37,39-46H2,1-2H3,(H,55,56)/b28-26+,35-33+,38-36+/t47-,48+/m1/s1. The predicted molar refractivity (Wildman–Crippen MR) is 251 cm³/mol. The number of phosphoric acid groups is 1. The Morgan fingerprint density at radius 1 is 0.475 bits per heavy atom. The van der Waals surface area contributed by atoms with Gasteiger partial charge in [-0.3, -0.25) is 18.6 Å². The second-order valence-corrected chi connectivity index (χ2v) is 18.3. The molecule has 0 aliphatic rings. The molecule has 0 aromatic rings. The molecule has 0 rings (SSSR count). The van der Waals surface area contributed by atoms with Gasteiger partial charge in [-0.25, -0.2) is 4.57 Å². The summed E-state index contributed by atoms with van der Waals surface area (Å²) < 4.78 is 32.7. The average Bonchev–Trinajstić information content (AvgIpc) is 3.25. The Labute approximate surface area is 373 Å². The number of esters is 2. The van der Waals surface area contributed by atoms with Crippen LogP contribution in [0.3, 0.4) is 0 Å². The van der Waals surface area contributed by atoms with Gasteiger partial charge in [0.1, 0.15) is 12.7 Å². The van der Waals surface area contributed by atoms with Gasteiger partial charge in [0, 0.05) is 12.8 Å². The Bertz CT molecular complexity index is 1110.